The maximum atomic E-state index is 5.79. The monoisotopic (exact) mass is 171 g/mol. The van der Waals surface area contributed by atoms with Crippen LogP contribution in [0.1, 0.15) is 12.0 Å². The van der Waals surface area contributed by atoms with Gasteiger partial charge in [-0.25, -0.2) is 0 Å². The molecule has 0 spiro atoms. The van der Waals surface area contributed by atoms with Crippen molar-refractivity contribution in [2.24, 2.45) is 5.73 Å². The van der Waals surface area contributed by atoms with Crippen molar-refractivity contribution >= 4 is 12.2 Å². The Bertz CT molecular complexity index is 466. The maximum absolute atomic E-state index is 5.79. The van der Waals surface area contributed by atoms with Gasteiger partial charge in [0.15, 0.2) is 0 Å². The second-order valence-electron chi connectivity index (χ2n) is 3.42. The summed E-state index contributed by atoms with van der Waals surface area (Å²) >= 11 is 0. The fraction of sp³-hybridized carbons (Fsp3) is 0.167. The average Bonchev–Trinajstić information content (AvgIpc) is 2.25. The number of fused-ring (bicyclic) bond motifs is 1. The second kappa shape index (κ2) is 3.09. The third-order valence-corrected chi connectivity index (χ3v) is 2.26. The Labute approximate surface area is 77.9 Å². The molecular weight excluding hydrogens is 158 g/mol. The topological polar surface area (TPSA) is 26.0 Å². The molecule has 0 saturated heterocycles. The van der Waals surface area contributed by atoms with Gasteiger partial charge in [-0.2, -0.15) is 0 Å². The minimum Gasteiger partial charge on any atom is -0.399 e. The van der Waals surface area contributed by atoms with Gasteiger partial charge in [-0.15, -0.1) is 0 Å². The van der Waals surface area contributed by atoms with Crippen molar-refractivity contribution in [2.45, 2.75) is 13.3 Å². The van der Waals surface area contributed by atoms with Gasteiger partial charge in [0.1, 0.15) is 0 Å². The van der Waals surface area contributed by atoms with Crippen molar-refractivity contribution in [1.29, 1.82) is 0 Å². The molecule has 1 nitrogen and oxygen atoms in total. The van der Waals surface area contributed by atoms with Crippen LogP contribution in [0.2, 0.25) is 0 Å². The molecular formula is C12H13N. The molecule has 0 amide bonds. The molecule has 2 N–H and O–H groups in total. The van der Waals surface area contributed by atoms with Gasteiger partial charge in [-0.05, 0) is 29.9 Å². The molecule has 1 heteroatoms. The van der Waals surface area contributed by atoms with E-state index in [1.807, 2.05) is 12.2 Å². The minimum absolute atomic E-state index is 0.862. The first-order chi connectivity index (χ1) is 6.25. The summed E-state index contributed by atoms with van der Waals surface area (Å²) in [6.45, 7) is 2.10. The van der Waals surface area contributed by atoms with E-state index in [0.717, 1.165) is 12.1 Å². The van der Waals surface area contributed by atoms with E-state index in [0.29, 0.717) is 0 Å². The van der Waals surface area contributed by atoms with E-state index in [1.54, 1.807) is 0 Å². The van der Waals surface area contributed by atoms with Crippen molar-refractivity contribution in [3.05, 3.63) is 46.0 Å². The van der Waals surface area contributed by atoms with Gasteiger partial charge < -0.3 is 5.73 Å². The molecule has 0 atom stereocenters. The van der Waals surface area contributed by atoms with E-state index in [4.69, 9.17) is 5.73 Å². The first-order valence-electron chi connectivity index (χ1n) is 4.50. The van der Waals surface area contributed by atoms with E-state index in [9.17, 15) is 0 Å². The zero-order valence-electron chi connectivity index (χ0n) is 7.75. The SMILES string of the molecule is Cc1ccc2c(c1)=CC(N)=CCC=2. The fourth-order valence-electron chi connectivity index (χ4n) is 1.57. The summed E-state index contributed by atoms with van der Waals surface area (Å²) in [7, 11) is 0. The highest BCUT2D eigenvalue weighted by atomic mass is 14.5. The van der Waals surface area contributed by atoms with Crippen LogP contribution in [-0.2, 0) is 0 Å². The second-order valence-corrected chi connectivity index (χ2v) is 3.42. The summed E-state index contributed by atoms with van der Waals surface area (Å²) in [5, 5.41) is 2.51. The lowest BCUT2D eigenvalue weighted by Gasteiger charge is -1.93. The highest BCUT2D eigenvalue weighted by Gasteiger charge is 1.92. The van der Waals surface area contributed by atoms with E-state index in [-0.39, 0.29) is 0 Å². The van der Waals surface area contributed by atoms with Crippen molar-refractivity contribution in [3.8, 4) is 0 Å². The first kappa shape index (κ1) is 8.11. The van der Waals surface area contributed by atoms with Crippen LogP contribution in [0.5, 0.6) is 0 Å². The Hall–Kier alpha value is -1.50. The van der Waals surface area contributed by atoms with Crippen LogP contribution in [0.3, 0.4) is 0 Å². The Morgan fingerprint density at radius 2 is 2.00 bits per heavy atom. The Balaban J connectivity index is 2.76. The number of aryl methyl sites for hydroxylation is 1. The summed E-state index contributed by atoms with van der Waals surface area (Å²) in [6, 6.07) is 6.44. The van der Waals surface area contributed by atoms with E-state index >= 15 is 0 Å². The van der Waals surface area contributed by atoms with Crippen molar-refractivity contribution < 1.29 is 0 Å². The fourth-order valence-corrected chi connectivity index (χ4v) is 1.57. The van der Waals surface area contributed by atoms with Gasteiger partial charge in [0, 0.05) is 5.70 Å². The predicted molar refractivity (Wildman–Crippen MR) is 56.2 cm³/mol. The number of nitrogens with two attached hydrogens (primary N) is 1. The smallest absolute Gasteiger partial charge is 0.0282 e. The molecule has 0 unspecified atom stereocenters. The van der Waals surface area contributed by atoms with Gasteiger partial charge >= 0.3 is 0 Å². The predicted octanol–water partition coefficient (Wildman–Crippen LogP) is 0.802. The molecule has 1 aliphatic rings. The maximum Gasteiger partial charge on any atom is 0.0282 e. The molecule has 1 aromatic rings. The molecule has 0 aromatic heterocycles. The van der Waals surface area contributed by atoms with Gasteiger partial charge in [-0.1, -0.05) is 35.9 Å². The van der Waals surface area contributed by atoms with Crippen molar-refractivity contribution in [2.75, 3.05) is 0 Å². The molecule has 66 valence electrons. The zero-order chi connectivity index (χ0) is 9.26. The summed E-state index contributed by atoms with van der Waals surface area (Å²) in [5.41, 5.74) is 7.92. The molecule has 0 saturated carbocycles. The van der Waals surface area contributed by atoms with E-state index < -0.39 is 0 Å². The first-order valence-corrected chi connectivity index (χ1v) is 4.50. The lowest BCUT2D eigenvalue weighted by Crippen LogP contribution is -2.24. The lowest BCUT2D eigenvalue weighted by molar-refractivity contribution is 1.38. The van der Waals surface area contributed by atoms with Crippen LogP contribution in [0.25, 0.3) is 12.2 Å². The number of hydrogen-bond acceptors (Lipinski definition) is 1. The third kappa shape index (κ3) is 1.64. The molecule has 0 bridgehead atoms. The quantitative estimate of drug-likeness (QED) is 0.614. The van der Waals surface area contributed by atoms with E-state index in [2.05, 4.69) is 31.2 Å². The van der Waals surface area contributed by atoms with Crippen molar-refractivity contribution in [1.82, 2.24) is 0 Å². The molecule has 2 rings (SSSR count). The van der Waals surface area contributed by atoms with Gasteiger partial charge in [0.05, 0.1) is 0 Å². The Morgan fingerprint density at radius 3 is 2.85 bits per heavy atom. The van der Waals surface area contributed by atoms with Gasteiger partial charge in [0.25, 0.3) is 0 Å². The Morgan fingerprint density at radius 1 is 1.15 bits per heavy atom. The number of rotatable bonds is 0. The summed E-state index contributed by atoms with van der Waals surface area (Å²) in [5.74, 6) is 0. The number of allylic oxidation sites excluding steroid dienone is 2. The van der Waals surface area contributed by atoms with E-state index in [1.165, 1.54) is 16.0 Å². The summed E-state index contributed by atoms with van der Waals surface area (Å²) in [6.07, 6.45) is 7.20. The van der Waals surface area contributed by atoms with Crippen LogP contribution >= 0.6 is 0 Å². The molecule has 13 heavy (non-hydrogen) atoms. The molecule has 1 aromatic carbocycles. The van der Waals surface area contributed by atoms with Gasteiger partial charge in [0.2, 0.25) is 0 Å². The highest BCUT2D eigenvalue weighted by molar-refractivity contribution is 5.50. The number of benzene rings is 1. The number of hydrogen-bond donors (Lipinski definition) is 1. The molecule has 0 radical (unpaired) electrons. The van der Waals surface area contributed by atoms with Crippen LogP contribution in [0.15, 0.2) is 30.0 Å². The molecule has 0 fully saturated rings. The highest BCUT2D eigenvalue weighted by Crippen LogP contribution is 1.95. The normalized spacial score (nSPS) is 14.7. The Kier molecular flexibility index (Phi) is 1.93. The molecule has 0 heterocycles. The minimum atomic E-state index is 0.862. The largest absolute Gasteiger partial charge is 0.399 e. The summed E-state index contributed by atoms with van der Waals surface area (Å²) in [4.78, 5) is 0. The van der Waals surface area contributed by atoms with Crippen LogP contribution in [-0.4, -0.2) is 0 Å². The average molecular weight is 171 g/mol. The van der Waals surface area contributed by atoms with Crippen molar-refractivity contribution in [3.63, 3.8) is 0 Å². The summed E-state index contributed by atoms with van der Waals surface area (Å²) < 4.78 is 0. The van der Waals surface area contributed by atoms with Crippen LogP contribution < -0.4 is 16.2 Å². The molecule has 1 aliphatic carbocycles. The van der Waals surface area contributed by atoms with Gasteiger partial charge in [-0.3, -0.25) is 0 Å². The molecule has 0 aliphatic heterocycles. The third-order valence-electron chi connectivity index (χ3n) is 2.26. The lowest BCUT2D eigenvalue weighted by atomic mass is 10.1. The standard InChI is InChI=1S/C12H13N/c1-9-5-6-10-3-2-4-12(13)8-11(10)7-9/h3-8H,2,13H2,1H3. The van der Waals surface area contributed by atoms with Crippen LogP contribution in [0, 0.1) is 6.92 Å². The van der Waals surface area contributed by atoms with Crippen LogP contribution in [0.4, 0.5) is 0 Å². The zero-order valence-corrected chi connectivity index (χ0v) is 7.75.